The summed E-state index contributed by atoms with van der Waals surface area (Å²) in [5.74, 6) is -0.334. The van der Waals surface area contributed by atoms with E-state index < -0.39 is 16.3 Å². The third kappa shape index (κ3) is 3.77. The molecular formula is C3H6O5S. The normalized spacial score (nSPS) is 10.8. The van der Waals surface area contributed by atoms with Gasteiger partial charge < -0.3 is 9.29 Å². The summed E-state index contributed by atoms with van der Waals surface area (Å²) in [4.78, 5) is 9.57. The maximum absolute atomic E-state index is 10.2. The number of hydrogen-bond donors (Lipinski definition) is 1. The average molecular weight is 154 g/mol. The maximum atomic E-state index is 10.2. The lowest BCUT2D eigenvalue weighted by molar-refractivity contribution is 0.147. The van der Waals surface area contributed by atoms with Gasteiger partial charge in [0.2, 0.25) is 0 Å². The standard InChI is InChI=1S/C3H6O5S/c1-2-9(6,7)8-3(4)5/h2H2,1H3,(H,4,5). The molecule has 0 spiro atoms. The minimum absolute atomic E-state index is 0.334. The van der Waals surface area contributed by atoms with Crippen LogP contribution in [0.15, 0.2) is 0 Å². The smallest absolute Gasteiger partial charge is 0.449 e. The molecule has 0 aromatic rings. The summed E-state index contributed by atoms with van der Waals surface area (Å²) < 4.78 is 23.9. The van der Waals surface area contributed by atoms with Gasteiger partial charge in [0.1, 0.15) is 0 Å². The Labute approximate surface area is 52.4 Å². The summed E-state index contributed by atoms with van der Waals surface area (Å²) in [5.41, 5.74) is 0. The molecule has 0 saturated heterocycles. The lowest BCUT2D eigenvalue weighted by atomic mass is 11.0. The van der Waals surface area contributed by atoms with Gasteiger partial charge in [-0.3, -0.25) is 0 Å². The van der Waals surface area contributed by atoms with Crippen molar-refractivity contribution in [2.24, 2.45) is 0 Å². The molecule has 6 heteroatoms. The van der Waals surface area contributed by atoms with Gasteiger partial charge in [-0.15, -0.1) is 0 Å². The van der Waals surface area contributed by atoms with Crippen LogP contribution in [-0.4, -0.2) is 25.4 Å². The number of carboxylic acid groups (broad SMARTS) is 1. The molecule has 9 heavy (non-hydrogen) atoms. The van der Waals surface area contributed by atoms with Crippen LogP contribution in [0.5, 0.6) is 0 Å². The number of rotatable bonds is 2. The largest absolute Gasteiger partial charge is 0.521 e. The first-order valence-electron chi connectivity index (χ1n) is 2.13. The molecule has 0 unspecified atom stereocenters. The molecule has 0 aliphatic heterocycles. The van der Waals surface area contributed by atoms with E-state index in [0.717, 1.165) is 0 Å². The van der Waals surface area contributed by atoms with Gasteiger partial charge in [-0.1, -0.05) is 0 Å². The fraction of sp³-hybridized carbons (Fsp3) is 0.667. The SMILES string of the molecule is CCS(=O)(=O)OC(=O)O. The molecule has 0 atom stereocenters. The van der Waals surface area contributed by atoms with Gasteiger partial charge in [0.15, 0.2) is 0 Å². The van der Waals surface area contributed by atoms with Crippen LogP contribution in [0.3, 0.4) is 0 Å². The highest BCUT2D eigenvalue weighted by Gasteiger charge is 2.11. The van der Waals surface area contributed by atoms with Gasteiger partial charge in [-0.05, 0) is 6.92 Å². The number of carbonyl (C=O) groups is 1. The van der Waals surface area contributed by atoms with E-state index in [-0.39, 0.29) is 5.75 Å². The van der Waals surface area contributed by atoms with E-state index in [9.17, 15) is 13.2 Å². The topological polar surface area (TPSA) is 80.7 Å². The Morgan fingerprint density at radius 3 is 2.22 bits per heavy atom. The first kappa shape index (κ1) is 8.22. The van der Waals surface area contributed by atoms with E-state index in [2.05, 4.69) is 4.18 Å². The molecule has 0 rings (SSSR count). The zero-order chi connectivity index (χ0) is 7.49. The molecule has 0 aromatic carbocycles. The van der Waals surface area contributed by atoms with Crippen LogP contribution >= 0.6 is 0 Å². The van der Waals surface area contributed by atoms with Crippen LogP contribution in [0.25, 0.3) is 0 Å². The van der Waals surface area contributed by atoms with E-state index in [4.69, 9.17) is 5.11 Å². The van der Waals surface area contributed by atoms with Crippen LogP contribution in [0, 0.1) is 0 Å². The predicted octanol–water partition coefficient (Wildman–Crippen LogP) is 0.0307. The van der Waals surface area contributed by atoms with Crippen LogP contribution in [0.1, 0.15) is 6.92 Å². The van der Waals surface area contributed by atoms with Gasteiger partial charge in [0, 0.05) is 0 Å². The van der Waals surface area contributed by atoms with Crippen LogP contribution in [0.4, 0.5) is 4.79 Å². The molecule has 0 radical (unpaired) electrons. The van der Waals surface area contributed by atoms with Crippen molar-refractivity contribution >= 4 is 16.3 Å². The predicted molar refractivity (Wildman–Crippen MR) is 28.6 cm³/mol. The summed E-state index contributed by atoms with van der Waals surface area (Å²) in [7, 11) is -3.82. The molecule has 0 bridgehead atoms. The molecule has 0 fully saturated rings. The zero-order valence-electron chi connectivity index (χ0n) is 4.70. The molecule has 5 nitrogen and oxygen atoms in total. The summed E-state index contributed by atoms with van der Waals surface area (Å²) >= 11 is 0. The van der Waals surface area contributed by atoms with E-state index >= 15 is 0 Å². The summed E-state index contributed by atoms with van der Waals surface area (Å²) in [6, 6.07) is 0. The van der Waals surface area contributed by atoms with E-state index in [1.165, 1.54) is 6.92 Å². The van der Waals surface area contributed by atoms with E-state index in [1.54, 1.807) is 0 Å². The Bertz CT molecular complexity index is 190. The van der Waals surface area contributed by atoms with Crippen LogP contribution in [-0.2, 0) is 14.3 Å². The van der Waals surface area contributed by atoms with Crippen molar-refractivity contribution in [2.75, 3.05) is 5.75 Å². The quantitative estimate of drug-likeness (QED) is 0.567. The van der Waals surface area contributed by atoms with Crippen molar-refractivity contribution < 1.29 is 22.5 Å². The van der Waals surface area contributed by atoms with Gasteiger partial charge >= 0.3 is 16.3 Å². The monoisotopic (exact) mass is 154 g/mol. The van der Waals surface area contributed by atoms with Crippen molar-refractivity contribution in [2.45, 2.75) is 6.92 Å². The molecule has 0 aliphatic rings. The second kappa shape index (κ2) is 2.67. The van der Waals surface area contributed by atoms with Crippen LogP contribution < -0.4 is 0 Å². The summed E-state index contributed by atoms with van der Waals surface area (Å²) in [5, 5.41) is 7.78. The van der Waals surface area contributed by atoms with Gasteiger partial charge in [0.25, 0.3) is 0 Å². The number of hydrogen-bond acceptors (Lipinski definition) is 4. The van der Waals surface area contributed by atoms with Crippen molar-refractivity contribution in [1.29, 1.82) is 0 Å². The fourth-order valence-corrected chi connectivity index (χ4v) is 0.503. The fourth-order valence-electron chi connectivity index (χ4n) is 0.168. The highest BCUT2D eigenvalue weighted by molar-refractivity contribution is 7.87. The Balaban J connectivity index is 4.06. The van der Waals surface area contributed by atoms with Gasteiger partial charge in [0.05, 0.1) is 5.75 Å². The van der Waals surface area contributed by atoms with Crippen molar-refractivity contribution in [3.8, 4) is 0 Å². The minimum atomic E-state index is -3.82. The zero-order valence-corrected chi connectivity index (χ0v) is 5.51. The van der Waals surface area contributed by atoms with Gasteiger partial charge in [-0.25, -0.2) is 4.79 Å². The Kier molecular flexibility index (Phi) is 2.44. The molecule has 0 amide bonds. The first-order valence-corrected chi connectivity index (χ1v) is 3.70. The third-order valence-electron chi connectivity index (χ3n) is 0.552. The van der Waals surface area contributed by atoms with E-state index in [1.807, 2.05) is 0 Å². The minimum Gasteiger partial charge on any atom is -0.449 e. The highest BCUT2D eigenvalue weighted by atomic mass is 32.2. The summed E-state index contributed by atoms with van der Waals surface area (Å²) in [6.07, 6.45) is -1.79. The maximum Gasteiger partial charge on any atom is 0.521 e. The molecule has 0 heterocycles. The third-order valence-corrected chi connectivity index (χ3v) is 1.66. The summed E-state index contributed by atoms with van der Waals surface area (Å²) in [6.45, 7) is 1.29. The second-order valence-electron chi connectivity index (χ2n) is 1.20. The van der Waals surface area contributed by atoms with Crippen molar-refractivity contribution in [1.82, 2.24) is 0 Å². The molecule has 0 saturated carbocycles. The van der Waals surface area contributed by atoms with E-state index in [0.29, 0.717) is 0 Å². The lowest BCUT2D eigenvalue weighted by Gasteiger charge is -1.95. The lowest BCUT2D eigenvalue weighted by Crippen LogP contribution is -2.12. The highest BCUT2D eigenvalue weighted by Crippen LogP contribution is 1.91. The Hall–Kier alpha value is -0.780. The molecule has 0 aliphatic carbocycles. The molecular weight excluding hydrogens is 148 g/mol. The Morgan fingerprint density at radius 2 is 2.11 bits per heavy atom. The first-order chi connectivity index (χ1) is 3.98. The Morgan fingerprint density at radius 1 is 1.67 bits per heavy atom. The molecule has 1 N–H and O–H groups in total. The average Bonchev–Trinajstić information content (AvgIpc) is 1.63. The molecule has 54 valence electrons. The van der Waals surface area contributed by atoms with Crippen molar-refractivity contribution in [3.05, 3.63) is 0 Å². The van der Waals surface area contributed by atoms with Crippen molar-refractivity contribution in [3.63, 3.8) is 0 Å². The molecule has 0 aromatic heterocycles. The van der Waals surface area contributed by atoms with Crippen LogP contribution in [0.2, 0.25) is 0 Å². The van der Waals surface area contributed by atoms with Gasteiger partial charge in [-0.2, -0.15) is 8.42 Å². The second-order valence-corrected chi connectivity index (χ2v) is 3.05.